The van der Waals surface area contributed by atoms with Crippen LogP contribution in [0.3, 0.4) is 0 Å². The molecule has 2 rings (SSSR count). The summed E-state index contributed by atoms with van der Waals surface area (Å²) in [5.74, 6) is -1.10. The first-order valence-corrected chi connectivity index (χ1v) is 7.57. The summed E-state index contributed by atoms with van der Waals surface area (Å²) in [5, 5.41) is -0.782. The van der Waals surface area contributed by atoms with Crippen molar-refractivity contribution in [2.45, 2.75) is 4.90 Å². The summed E-state index contributed by atoms with van der Waals surface area (Å²) in [4.78, 5) is 6.91. The van der Waals surface area contributed by atoms with E-state index in [2.05, 4.69) is 14.7 Å². The molecule has 0 radical (unpaired) electrons. The van der Waals surface area contributed by atoms with Crippen molar-refractivity contribution in [3.8, 4) is 0 Å². The minimum atomic E-state index is -4.12. The lowest BCUT2D eigenvalue weighted by Gasteiger charge is -2.09. The highest BCUT2D eigenvalue weighted by Gasteiger charge is 2.22. The second-order valence-electron chi connectivity index (χ2n) is 3.50. The van der Waals surface area contributed by atoms with Gasteiger partial charge in [-0.15, -0.1) is 0 Å². The molecule has 0 saturated carbocycles. The van der Waals surface area contributed by atoms with Crippen LogP contribution in [-0.2, 0) is 10.0 Å². The Morgan fingerprint density at radius 2 is 1.80 bits per heavy atom. The van der Waals surface area contributed by atoms with Gasteiger partial charge in [0.25, 0.3) is 10.0 Å². The SMILES string of the molecule is O=S(=O)(Nc1cnc(Cl)cn1)c1ccc(Cl)c(F)c1Cl. The second-order valence-corrected chi connectivity index (χ2v) is 6.33. The minimum Gasteiger partial charge on any atom is -0.262 e. The van der Waals surface area contributed by atoms with Crippen molar-refractivity contribution in [3.63, 3.8) is 0 Å². The number of anilines is 1. The van der Waals surface area contributed by atoms with E-state index in [4.69, 9.17) is 34.8 Å². The summed E-state index contributed by atoms with van der Waals surface area (Å²) in [6, 6.07) is 2.17. The predicted octanol–water partition coefficient (Wildman–Crippen LogP) is 3.38. The van der Waals surface area contributed by atoms with Gasteiger partial charge in [-0.25, -0.2) is 22.8 Å². The summed E-state index contributed by atoms with van der Waals surface area (Å²) in [6.45, 7) is 0. The number of benzene rings is 1. The molecule has 1 heterocycles. The van der Waals surface area contributed by atoms with E-state index in [9.17, 15) is 12.8 Å². The molecule has 1 aromatic heterocycles. The van der Waals surface area contributed by atoms with E-state index in [1.807, 2.05) is 0 Å². The van der Waals surface area contributed by atoms with Crippen molar-refractivity contribution < 1.29 is 12.8 Å². The third kappa shape index (κ3) is 3.12. The molecule has 0 aliphatic carbocycles. The van der Waals surface area contributed by atoms with Gasteiger partial charge in [-0.1, -0.05) is 34.8 Å². The van der Waals surface area contributed by atoms with Gasteiger partial charge in [0.1, 0.15) is 10.0 Å². The van der Waals surface area contributed by atoms with E-state index < -0.39 is 25.8 Å². The Morgan fingerprint density at radius 1 is 1.10 bits per heavy atom. The van der Waals surface area contributed by atoms with Crippen LogP contribution < -0.4 is 4.72 Å². The predicted molar refractivity (Wildman–Crippen MR) is 74.3 cm³/mol. The third-order valence-electron chi connectivity index (χ3n) is 2.15. The molecule has 1 aromatic carbocycles. The number of aromatic nitrogens is 2. The lowest BCUT2D eigenvalue weighted by Crippen LogP contribution is -2.15. The molecule has 0 amide bonds. The summed E-state index contributed by atoms with van der Waals surface area (Å²) in [7, 11) is -4.12. The molecule has 0 fully saturated rings. The van der Waals surface area contributed by atoms with Gasteiger partial charge in [0, 0.05) is 0 Å². The van der Waals surface area contributed by atoms with Crippen LogP contribution in [0, 0.1) is 5.82 Å². The highest BCUT2D eigenvalue weighted by molar-refractivity contribution is 7.92. The van der Waals surface area contributed by atoms with Gasteiger partial charge in [0.15, 0.2) is 11.6 Å². The number of nitrogens with one attached hydrogen (secondary N) is 1. The molecule has 2 aromatic rings. The first-order valence-electron chi connectivity index (χ1n) is 4.95. The van der Waals surface area contributed by atoms with Gasteiger partial charge < -0.3 is 0 Å². The average Bonchev–Trinajstić information content (AvgIpc) is 2.38. The lowest BCUT2D eigenvalue weighted by atomic mass is 10.3. The minimum absolute atomic E-state index is 0.0826. The second kappa shape index (κ2) is 5.69. The van der Waals surface area contributed by atoms with Crippen molar-refractivity contribution in [1.82, 2.24) is 9.97 Å². The van der Waals surface area contributed by atoms with Crippen molar-refractivity contribution in [2.75, 3.05) is 4.72 Å². The summed E-state index contributed by atoms with van der Waals surface area (Å²) in [6.07, 6.45) is 2.27. The van der Waals surface area contributed by atoms with Gasteiger partial charge in [0.2, 0.25) is 0 Å². The molecule has 0 bridgehead atoms. The maximum Gasteiger partial charge on any atom is 0.264 e. The summed E-state index contributed by atoms with van der Waals surface area (Å²) in [5.41, 5.74) is 0. The van der Waals surface area contributed by atoms with E-state index in [0.717, 1.165) is 24.5 Å². The molecule has 0 spiro atoms. The molecule has 0 atom stereocenters. The Kier molecular flexibility index (Phi) is 4.33. The number of hydrogen-bond donors (Lipinski definition) is 1. The Balaban J connectivity index is 2.41. The highest BCUT2D eigenvalue weighted by Crippen LogP contribution is 2.30. The topological polar surface area (TPSA) is 72.0 Å². The Bertz CT molecular complexity index is 753. The van der Waals surface area contributed by atoms with Gasteiger partial charge in [0.05, 0.1) is 22.4 Å². The van der Waals surface area contributed by atoms with Crippen molar-refractivity contribution in [2.24, 2.45) is 0 Å². The first-order chi connectivity index (χ1) is 9.31. The summed E-state index contributed by atoms with van der Waals surface area (Å²) >= 11 is 16.7. The highest BCUT2D eigenvalue weighted by atomic mass is 35.5. The molecule has 5 nitrogen and oxygen atoms in total. The number of sulfonamides is 1. The molecular formula is C10H5Cl3FN3O2S. The number of hydrogen-bond acceptors (Lipinski definition) is 4. The Morgan fingerprint density at radius 3 is 2.40 bits per heavy atom. The fourth-order valence-electron chi connectivity index (χ4n) is 1.27. The fourth-order valence-corrected chi connectivity index (χ4v) is 3.11. The molecule has 106 valence electrons. The maximum atomic E-state index is 13.5. The largest absolute Gasteiger partial charge is 0.264 e. The van der Waals surface area contributed by atoms with E-state index in [-0.39, 0.29) is 16.0 Å². The number of rotatable bonds is 3. The molecule has 20 heavy (non-hydrogen) atoms. The standard InChI is InChI=1S/C10H5Cl3FN3O2S/c11-5-1-2-6(9(13)10(5)14)20(18,19)17-8-4-15-7(12)3-16-8/h1-4H,(H,16,17). The zero-order chi connectivity index (χ0) is 14.9. The van der Waals surface area contributed by atoms with Crippen LogP contribution in [0.4, 0.5) is 10.2 Å². The number of nitrogens with zero attached hydrogens (tertiary/aromatic N) is 2. The summed E-state index contributed by atoms with van der Waals surface area (Å²) < 4.78 is 39.7. The third-order valence-corrected chi connectivity index (χ3v) is 4.51. The zero-order valence-electron chi connectivity index (χ0n) is 9.44. The van der Waals surface area contributed by atoms with E-state index in [0.29, 0.717) is 0 Å². The van der Waals surface area contributed by atoms with E-state index in [1.54, 1.807) is 0 Å². The molecule has 0 saturated heterocycles. The monoisotopic (exact) mass is 355 g/mol. The molecule has 1 N–H and O–H groups in total. The molecule has 0 aliphatic heterocycles. The van der Waals surface area contributed by atoms with E-state index in [1.165, 1.54) is 0 Å². The molecule has 10 heteroatoms. The average molecular weight is 357 g/mol. The van der Waals surface area contributed by atoms with Gasteiger partial charge in [-0.2, -0.15) is 0 Å². The first kappa shape index (κ1) is 15.2. The van der Waals surface area contributed by atoms with Crippen molar-refractivity contribution in [1.29, 1.82) is 0 Å². The van der Waals surface area contributed by atoms with Crippen LogP contribution in [0.1, 0.15) is 0 Å². The smallest absolute Gasteiger partial charge is 0.262 e. The molecule has 0 aliphatic rings. The molecular weight excluding hydrogens is 352 g/mol. The van der Waals surface area contributed by atoms with Crippen LogP contribution in [0.2, 0.25) is 15.2 Å². The van der Waals surface area contributed by atoms with Crippen LogP contribution >= 0.6 is 34.8 Å². The fraction of sp³-hybridized carbons (Fsp3) is 0. The van der Waals surface area contributed by atoms with Crippen molar-refractivity contribution >= 4 is 50.6 Å². The van der Waals surface area contributed by atoms with Crippen LogP contribution in [0.5, 0.6) is 0 Å². The lowest BCUT2D eigenvalue weighted by molar-refractivity contribution is 0.595. The van der Waals surface area contributed by atoms with Gasteiger partial charge >= 0.3 is 0 Å². The van der Waals surface area contributed by atoms with E-state index >= 15 is 0 Å². The quantitative estimate of drug-likeness (QED) is 0.856. The molecule has 0 unspecified atom stereocenters. The zero-order valence-corrected chi connectivity index (χ0v) is 12.5. The number of halogens is 4. The van der Waals surface area contributed by atoms with Gasteiger partial charge in [-0.3, -0.25) is 4.72 Å². The maximum absolute atomic E-state index is 13.5. The normalized spacial score (nSPS) is 11.4. The van der Waals surface area contributed by atoms with Crippen LogP contribution in [0.15, 0.2) is 29.4 Å². The Labute approximate surface area is 128 Å². The van der Waals surface area contributed by atoms with Crippen LogP contribution in [-0.4, -0.2) is 18.4 Å². The van der Waals surface area contributed by atoms with Crippen molar-refractivity contribution in [3.05, 3.63) is 45.5 Å². The van der Waals surface area contributed by atoms with Gasteiger partial charge in [-0.05, 0) is 12.1 Å². The van der Waals surface area contributed by atoms with Crippen LogP contribution in [0.25, 0.3) is 0 Å². The Hall–Kier alpha value is -1.15.